The zero-order chi connectivity index (χ0) is 25.8. The Morgan fingerprint density at radius 3 is 2.39 bits per heavy atom. The van der Waals surface area contributed by atoms with E-state index in [0.717, 1.165) is 19.4 Å². The Morgan fingerprint density at radius 2 is 1.67 bits per heavy atom. The van der Waals surface area contributed by atoms with Crippen molar-refractivity contribution in [2.45, 2.75) is 112 Å². The standard InChI is InChI=1S/C27H43NO8/c1-12-4-5-17-24(3,33)19-13(11-28(17)10-12)14-9-25-21(26(14,34)22(32)20(19)31)15(29)8-16-23(25,2)7-6-18(30)27(16,35)36-25/h12-22,29-35H,4-11H2,1-3H3/t12-,13-,14-,15+,16-,17-,18-,19+,20+,21+,22-,23-,24+,25-,26-,27?/m0/s1. The van der Waals surface area contributed by atoms with Gasteiger partial charge in [0.15, 0.2) is 5.79 Å². The molecule has 16 atom stereocenters. The van der Waals surface area contributed by atoms with Crippen LogP contribution in [0.5, 0.6) is 0 Å². The molecule has 7 fully saturated rings. The summed E-state index contributed by atoms with van der Waals surface area (Å²) in [7, 11) is 0. The summed E-state index contributed by atoms with van der Waals surface area (Å²) in [6.07, 6.45) is -1.92. The van der Waals surface area contributed by atoms with E-state index in [0.29, 0.717) is 31.7 Å². The van der Waals surface area contributed by atoms with Gasteiger partial charge in [-0.3, -0.25) is 4.90 Å². The highest BCUT2D eigenvalue weighted by Gasteiger charge is 2.86. The van der Waals surface area contributed by atoms with E-state index in [2.05, 4.69) is 11.8 Å². The lowest BCUT2D eigenvalue weighted by atomic mass is 9.49. The number of hydrogen-bond donors (Lipinski definition) is 7. The fourth-order valence-electron chi connectivity index (χ4n) is 11.4. The van der Waals surface area contributed by atoms with Gasteiger partial charge in [0.2, 0.25) is 0 Å². The third-order valence-electron chi connectivity index (χ3n) is 12.8. The van der Waals surface area contributed by atoms with Crippen LogP contribution in [-0.2, 0) is 4.74 Å². The summed E-state index contributed by atoms with van der Waals surface area (Å²) in [5.41, 5.74) is -4.88. The maximum Gasteiger partial charge on any atom is 0.196 e. The van der Waals surface area contributed by atoms with Crippen LogP contribution in [0.4, 0.5) is 0 Å². The van der Waals surface area contributed by atoms with Crippen molar-refractivity contribution in [3.05, 3.63) is 0 Å². The van der Waals surface area contributed by atoms with Crippen LogP contribution < -0.4 is 0 Å². The van der Waals surface area contributed by atoms with Gasteiger partial charge in [-0.05, 0) is 63.2 Å². The van der Waals surface area contributed by atoms with Crippen LogP contribution in [0.25, 0.3) is 0 Å². The number of aliphatic hydroxyl groups is 7. The lowest BCUT2D eigenvalue weighted by Gasteiger charge is -2.63. The van der Waals surface area contributed by atoms with Crippen LogP contribution in [0.3, 0.4) is 0 Å². The van der Waals surface area contributed by atoms with E-state index in [1.54, 1.807) is 6.92 Å². The molecule has 7 aliphatic rings. The van der Waals surface area contributed by atoms with Crippen molar-refractivity contribution in [2.75, 3.05) is 13.1 Å². The van der Waals surface area contributed by atoms with Crippen molar-refractivity contribution in [1.82, 2.24) is 4.90 Å². The Kier molecular flexibility index (Phi) is 4.82. The third kappa shape index (κ3) is 2.46. The van der Waals surface area contributed by atoms with Crippen LogP contribution in [0.1, 0.15) is 59.3 Å². The average molecular weight is 510 g/mol. The number of ether oxygens (including phenoxy) is 1. The SMILES string of the molecule is C[C@H]1CC[C@@H]2N(C1)C[C@@H]1[C@H]([C@@H](O)[C@H](O)[C@]3(O)[C@H]1C[C@]14OC5(O)[C@@H](C[C@@H](O)[C@@H]31)[C@]4(C)CC[C@@H]5O)[C@]2(C)O. The summed E-state index contributed by atoms with van der Waals surface area (Å²) in [4.78, 5) is 2.30. The first-order valence-corrected chi connectivity index (χ1v) is 14.1. The zero-order valence-electron chi connectivity index (χ0n) is 21.5. The van der Waals surface area contributed by atoms with Gasteiger partial charge in [0, 0.05) is 42.3 Å². The highest BCUT2D eigenvalue weighted by Crippen LogP contribution is 2.76. The van der Waals surface area contributed by atoms with Crippen LogP contribution in [0.2, 0.25) is 0 Å². The van der Waals surface area contributed by atoms with E-state index in [1.165, 1.54) is 0 Å². The lowest BCUT2D eigenvalue weighted by molar-refractivity contribution is -0.295. The van der Waals surface area contributed by atoms with Crippen molar-refractivity contribution in [3.8, 4) is 0 Å². The molecule has 9 nitrogen and oxygen atoms in total. The maximum absolute atomic E-state index is 12.5. The van der Waals surface area contributed by atoms with Crippen molar-refractivity contribution in [2.24, 2.45) is 40.9 Å². The Labute approximate surface area is 212 Å². The first-order chi connectivity index (χ1) is 16.7. The normalized spacial score (nSPS) is 68.0. The van der Waals surface area contributed by atoms with E-state index in [9.17, 15) is 35.7 Å². The summed E-state index contributed by atoms with van der Waals surface area (Å²) in [6.45, 7) is 7.40. The van der Waals surface area contributed by atoms with E-state index in [1.807, 2.05) is 6.92 Å². The summed E-state index contributed by atoms with van der Waals surface area (Å²) in [5.74, 6) is -4.29. The van der Waals surface area contributed by atoms with Gasteiger partial charge in [0.25, 0.3) is 0 Å². The molecule has 4 saturated carbocycles. The van der Waals surface area contributed by atoms with Crippen molar-refractivity contribution >= 4 is 0 Å². The van der Waals surface area contributed by atoms with Crippen LogP contribution in [0.15, 0.2) is 0 Å². The number of hydrogen-bond acceptors (Lipinski definition) is 9. The van der Waals surface area contributed by atoms with Crippen molar-refractivity contribution in [1.29, 1.82) is 0 Å². The molecule has 0 aromatic rings. The summed E-state index contributed by atoms with van der Waals surface area (Å²) in [5, 5.41) is 81.4. The number of rotatable bonds is 0. The second-order valence-electron chi connectivity index (χ2n) is 14.2. The number of piperidine rings is 2. The predicted octanol–water partition coefficient (Wildman–Crippen LogP) is -0.814. The molecule has 4 bridgehead atoms. The van der Waals surface area contributed by atoms with Crippen molar-refractivity contribution in [3.63, 3.8) is 0 Å². The van der Waals surface area contributed by atoms with E-state index >= 15 is 0 Å². The lowest BCUT2D eigenvalue weighted by Crippen LogP contribution is -2.76. The number of aliphatic hydroxyl groups excluding tert-OH is 4. The minimum atomic E-state index is -1.85. The van der Waals surface area contributed by atoms with Gasteiger partial charge < -0.3 is 40.5 Å². The highest BCUT2D eigenvalue weighted by molar-refractivity contribution is 5.33. The monoisotopic (exact) mass is 509 g/mol. The molecule has 0 aromatic heterocycles. The third-order valence-corrected chi connectivity index (χ3v) is 12.8. The maximum atomic E-state index is 12.5. The van der Waals surface area contributed by atoms with Gasteiger partial charge in [-0.2, -0.15) is 0 Å². The molecule has 7 N–H and O–H groups in total. The van der Waals surface area contributed by atoms with E-state index in [4.69, 9.17) is 4.74 Å². The second-order valence-corrected chi connectivity index (χ2v) is 14.2. The smallest absolute Gasteiger partial charge is 0.196 e. The van der Waals surface area contributed by atoms with Gasteiger partial charge in [-0.25, -0.2) is 0 Å². The molecule has 7 rings (SSSR count). The molecule has 0 amide bonds. The Bertz CT molecular complexity index is 964. The van der Waals surface area contributed by atoms with Gasteiger partial charge in [-0.15, -0.1) is 0 Å². The minimum absolute atomic E-state index is 0.130. The van der Waals surface area contributed by atoms with Gasteiger partial charge in [0.05, 0.1) is 23.4 Å². The Hall–Kier alpha value is -0.360. The molecular weight excluding hydrogens is 466 g/mol. The molecule has 3 heterocycles. The fourth-order valence-corrected chi connectivity index (χ4v) is 11.4. The quantitative estimate of drug-likeness (QED) is 0.222. The topological polar surface area (TPSA) is 154 Å². The summed E-state index contributed by atoms with van der Waals surface area (Å²) in [6, 6.07) is -0.130. The first kappa shape index (κ1) is 24.7. The predicted molar refractivity (Wildman–Crippen MR) is 126 cm³/mol. The summed E-state index contributed by atoms with van der Waals surface area (Å²) >= 11 is 0. The molecule has 0 aromatic carbocycles. The fraction of sp³-hybridized carbons (Fsp3) is 1.00. The molecule has 9 heteroatoms. The molecule has 36 heavy (non-hydrogen) atoms. The van der Waals surface area contributed by atoms with E-state index < -0.39 is 76.1 Å². The molecule has 204 valence electrons. The molecular formula is C27H43NO8. The van der Waals surface area contributed by atoms with Crippen LogP contribution >= 0.6 is 0 Å². The average Bonchev–Trinajstić information content (AvgIpc) is 3.08. The van der Waals surface area contributed by atoms with Crippen LogP contribution in [-0.4, -0.2) is 107 Å². The minimum Gasteiger partial charge on any atom is -0.393 e. The van der Waals surface area contributed by atoms with E-state index in [-0.39, 0.29) is 18.4 Å². The Morgan fingerprint density at radius 1 is 0.944 bits per heavy atom. The molecule has 3 aliphatic heterocycles. The zero-order valence-corrected chi connectivity index (χ0v) is 21.5. The van der Waals surface area contributed by atoms with Gasteiger partial charge in [-0.1, -0.05) is 13.8 Å². The summed E-state index contributed by atoms with van der Waals surface area (Å²) < 4.78 is 6.51. The second kappa shape index (κ2) is 7.04. The number of fused-ring (bicyclic) bond motifs is 5. The molecule has 1 unspecified atom stereocenters. The molecule has 3 saturated heterocycles. The largest absolute Gasteiger partial charge is 0.393 e. The molecule has 1 spiro atoms. The highest BCUT2D eigenvalue weighted by atomic mass is 16.7. The van der Waals surface area contributed by atoms with Gasteiger partial charge in [0.1, 0.15) is 17.8 Å². The van der Waals surface area contributed by atoms with Crippen molar-refractivity contribution < 1.29 is 40.5 Å². The van der Waals surface area contributed by atoms with Gasteiger partial charge >= 0.3 is 0 Å². The first-order valence-electron chi connectivity index (χ1n) is 14.1. The molecule has 4 aliphatic carbocycles. The molecule has 0 radical (unpaired) electrons. The van der Waals surface area contributed by atoms with Crippen LogP contribution in [0, 0.1) is 40.9 Å². The Balaban J connectivity index is 1.37. The number of nitrogens with zero attached hydrogens (tertiary/aromatic N) is 1.